The molecule has 0 spiro atoms. The highest BCUT2D eigenvalue weighted by atomic mass is 16.5. The zero-order chi connectivity index (χ0) is 20.5. The molecule has 0 aliphatic carbocycles. The molecule has 0 unspecified atom stereocenters. The highest BCUT2D eigenvalue weighted by Crippen LogP contribution is 2.28. The van der Waals surface area contributed by atoms with Crippen molar-refractivity contribution in [2.75, 3.05) is 32.7 Å². The average Bonchev–Trinajstić information content (AvgIpc) is 2.71. The molecule has 0 aliphatic heterocycles. The molecule has 0 heterocycles. The van der Waals surface area contributed by atoms with Crippen LogP contribution in [0.15, 0.2) is 42.5 Å². The van der Waals surface area contributed by atoms with E-state index in [1.165, 1.54) is 20.3 Å². The third-order valence-corrected chi connectivity index (χ3v) is 3.71. The fourth-order valence-corrected chi connectivity index (χ4v) is 2.45. The first-order chi connectivity index (χ1) is 13.5. The summed E-state index contributed by atoms with van der Waals surface area (Å²) in [6.45, 7) is 1.80. The van der Waals surface area contributed by atoms with E-state index >= 15 is 0 Å². The third-order valence-electron chi connectivity index (χ3n) is 3.71. The SMILES string of the molecule is CCNC(=O)c1cccc(NC(=O)COC(=O)c2c(OC)cccc2OC)c1. The lowest BCUT2D eigenvalue weighted by molar-refractivity contribution is -0.119. The van der Waals surface area contributed by atoms with Gasteiger partial charge in [-0.1, -0.05) is 12.1 Å². The van der Waals surface area contributed by atoms with E-state index in [0.29, 0.717) is 17.8 Å². The van der Waals surface area contributed by atoms with Crippen molar-refractivity contribution in [3.63, 3.8) is 0 Å². The Bertz CT molecular complexity index is 843. The van der Waals surface area contributed by atoms with Gasteiger partial charge in [0.25, 0.3) is 11.8 Å². The molecule has 2 N–H and O–H groups in total. The number of benzene rings is 2. The largest absolute Gasteiger partial charge is 0.496 e. The second-order valence-corrected chi connectivity index (χ2v) is 5.60. The van der Waals surface area contributed by atoms with Crippen molar-refractivity contribution < 1.29 is 28.6 Å². The van der Waals surface area contributed by atoms with Gasteiger partial charge in [-0.3, -0.25) is 9.59 Å². The van der Waals surface area contributed by atoms with E-state index in [2.05, 4.69) is 10.6 Å². The number of hydrogen-bond acceptors (Lipinski definition) is 6. The van der Waals surface area contributed by atoms with Crippen LogP contribution in [0.1, 0.15) is 27.6 Å². The Kier molecular flexibility index (Phi) is 7.38. The standard InChI is InChI=1S/C20H22N2O6/c1-4-21-19(24)13-7-5-8-14(11-13)22-17(23)12-28-20(25)18-15(26-2)9-6-10-16(18)27-3/h5-11H,4,12H2,1-3H3,(H,21,24)(H,22,23). The maximum Gasteiger partial charge on any atom is 0.346 e. The number of anilines is 1. The minimum atomic E-state index is -0.750. The molecule has 0 radical (unpaired) electrons. The Labute approximate surface area is 162 Å². The molecule has 0 bridgehead atoms. The van der Waals surface area contributed by atoms with Gasteiger partial charge in [0.1, 0.15) is 17.1 Å². The molecule has 0 aliphatic rings. The molecule has 148 valence electrons. The number of esters is 1. The van der Waals surface area contributed by atoms with Gasteiger partial charge >= 0.3 is 5.97 Å². The maximum absolute atomic E-state index is 12.4. The van der Waals surface area contributed by atoms with Gasteiger partial charge < -0.3 is 24.8 Å². The summed E-state index contributed by atoms with van der Waals surface area (Å²) in [4.78, 5) is 36.3. The van der Waals surface area contributed by atoms with Gasteiger partial charge in [-0.05, 0) is 37.3 Å². The first-order valence-electron chi connectivity index (χ1n) is 8.56. The predicted molar refractivity (Wildman–Crippen MR) is 103 cm³/mol. The van der Waals surface area contributed by atoms with E-state index in [-0.39, 0.29) is 23.0 Å². The van der Waals surface area contributed by atoms with Gasteiger partial charge in [-0.2, -0.15) is 0 Å². The van der Waals surface area contributed by atoms with Gasteiger partial charge in [0, 0.05) is 17.8 Å². The predicted octanol–water partition coefficient (Wildman–Crippen LogP) is 2.25. The van der Waals surface area contributed by atoms with Crippen LogP contribution in [-0.4, -0.2) is 45.2 Å². The third kappa shape index (κ3) is 5.23. The van der Waals surface area contributed by atoms with Gasteiger partial charge in [-0.15, -0.1) is 0 Å². The molecule has 8 heteroatoms. The molecule has 0 saturated carbocycles. The van der Waals surface area contributed by atoms with Crippen LogP contribution >= 0.6 is 0 Å². The van der Waals surface area contributed by atoms with Crippen molar-refractivity contribution in [3.05, 3.63) is 53.6 Å². The number of ether oxygens (including phenoxy) is 3. The number of nitrogens with one attached hydrogen (secondary N) is 2. The second-order valence-electron chi connectivity index (χ2n) is 5.60. The second kappa shape index (κ2) is 9.96. The van der Waals surface area contributed by atoms with Gasteiger partial charge in [0.2, 0.25) is 0 Å². The van der Waals surface area contributed by atoms with Crippen LogP contribution in [0.4, 0.5) is 5.69 Å². The van der Waals surface area contributed by atoms with Crippen molar-refractivity contribution in [1.82, 2.24) is 5.32 Å². The van der Waals surface area contributed by atoms with E-state index < -0.39 is 18.5 Å². The summed E-state index contributed by atoms with van der Waals surface area (Å²) < 4.78 is 15.4. The fourth-order valence-electron chi connectivity index (χ4n) is 2.45. The molecule has 2 aromatic rings. The Hall–Kier alpha value is -3.55. The van der Waals surface area contributed by atoms with Crippen molar-refractivity contribution in [2.45, 2.75) is 6.92 Å². The maximum atomic E-state index is 12.4. The van der Waals surface area contributed by atoms with Crippen LogP contribution in [-0.2, 0) is 9.53 Å². The van der Waals surface area contributed by atoms with Crippen molar-refractivity contribution in [3.8, 4) is 11.5 Å². The normalized spacial score (nSPS) is 9.96. The Morgan fingerprint density at radius 1 is 0.964 bits per heavy atom. The molecular weight excluding hydrogens is 364 g/mol. The molecule has 0 aromatic heterocycles. The van der Waals surface area contributed by atoms with Crippen LogP contribution in [0.2, 0.25) is 0 Å². The minimum Gasteiger partial charge on any atom is -0.496 e. The van der Waals surface area contributed by atoms with Gasteiger partial charge in [0.15, 0.2) is 6.61 Å². The summed E-state index contributed by atoms with van der Waals surface area (Å²) in [6.07, 6.45) is 0. The molecule has 2 aromatic carbocycles. The molecule has 0 fully saturated rings. The number of carbonyl (C=O) groups is 3. The molecule has 8 nitrogen and oxygen atoms in total. The highest BCUT2D eigenvalue weighted by Gasteiger charge is 2.20. The lowest BCUT2D eigenvalue weighted by atomic mass is 10.2. The van der Waals surface area contributed by atoms with Crippen molar-refractivity contribution >= 4 is 23.5 Å². The van der Waals surface area contributed by atoms with E-state index in [1.807, 2.05) is 6.92 Å². The van der Waals surface area contributed by atoms with Gasteiger partial charge in [0.05, 0.1) is 14.2 Å². The van der Waals surface area contributed by atoms with Crippen molar-refractivity contribution in [2.24, 2.45) is 0 Å². The highest BCUT2D eigenvalue weighted by molar-refractivity contribution is 5.99. The summed E-state index contributed by atoms with van der Waals surface area (Å²) in [7, 11) is 2.83. The van der Waals surface area contributed by atoms with Crippen molar-refractivity contribution in [1.29, 1.82) is 0 Å². The number of methoxy groups -OCH3 is 2. The number of hydrogen-bond donors (Lipinski definition) is 2. The quantitative estimate of drug-likeness (QED) is 0.675. The van der Waals surface area contributed by atoms with E-state index in [4.69, 9.17) is 14.2 Å². The van der Waals surface area contributed by atoms with E-state index in [0.717, 1.165) is 0 Å². The van der Waals surface area contributed by atoms with Crippen LogP contribution in [0.3, 0.4) is 0 Å². The minimum absolute atomic E-state index is 0.0959. The number of rotatable bonds is 8. The summed E-state index contributed by atoms with van der Waals surface area (Å²) in [5, 5.41) is 5.26. The first-order valence-corrected chi connectivity index (χ1v) is 8.56. The molecule has 0 atom stereocenters. The van der Waals surface area contributed by atoms with Crippen LogP contribution in [0.25, 0.3) is 0 Å². The summed E-state index contributed by atoms with van der Waals surface area (Å²) in [5.41, 5.74) is 0.925. The summed E-state index contributed by atoms with van der Waals surface area (Å²) >= 11 is 0. The lowest BCUT2D eigenvalue weighted by Crippen LogP contribution is -2.23. The zero-order valence-corrected chi connectivity index (χ0v) is 15.9. The Balaban J connectivity index is 2.01. The summed E-state index contributed by atoms with van der Waals surface area (Å²) in [5.74, 6) is -0.983. The Morgan fingerprint density at radius 2 is 1.61 bits per heavy atom. The van der Waals surface area contributed by atoms with Gasteiger partial charge in [-0.25, -0.2) is 4.79 Å². The Morgan fingerprint density at radius 3 is 2.21 bits per heavy atom. The molecule has 28 heavy (non-hydrogen) atoms. The van der Waals surface area contributed by atoms with Crippen LogP contribution in [0.5, 0.6) is 11.5 Å². The molecular formula is C20H22N2O6. The smallest absolute Gasteiger partial charge is 0.346 e. The topological polar surface area (TPSA) is 103 Å². The lowest BCUT2D eigenvalue weighted by Gasteiger charge is -2.12. The monoisotopic (exact) mass is 386 g/mol. The average molecular weight is 386 g/mol. The molecule has 0 saturated heterocycles. The van der Waals surface area contributed by atoms with E-state index in [9.17, 15) is 14.4 Å². The van der Waals surface area contributed by atoms with Crippen LogP contribution < -0.4 is 20.1 Å². The van der Waals surface area contributed by atoms with Crippen LogP contribution in [0, 0.1) is 0 Å². The first kappa shape index (κ1) is 20.8. The fraction of sp³-hybridized carbons (Fsp3) is 0.250. The molecule has 2 rings (SSSR count). The summed E-state index contributed by atoms with van der Waals surface area (Å²) in [6, 6.07) is 11.3. The molecule has 2 amide bonds. The zero-order valence-electron chi connectivity index (χ0n) is 15.9. The van der Waals surface area contributed by atoms with E-state index in [1.54, 1.807) is 36.4 Å². The number of amides is 2. The number of carbonyl (C=O) groups excluding carboxylic acids is 3.